The number of carbonyl (C=O) groups excluding carboxylic acids is 1. The van der Waals surface area contributed by atoms with Gasteiger partial charge in [-0.1, -0.05) is 0 Å². The maximum atomic E-state index is 12.4. The van der Waals surface area contributed by atoms with Crippen LogP contribution in [0.25, 0.3) is 0 Å². The monoisotopic (exact) mass is 406 g/mol. The summed E-state index contributed by atoms with van der Waals surface area (Å²) in [6, 6.07) is 0. The third-order valence-electron chi connectivity index (χ3n) is 8.69. The number of carbonyl (C=O) groups is 1. The van der Waals surface area contributed by atoms with E-state index in [4.69, 9.17) is 14.5 Å². The zero-order valence-corrected chi connectivity index (χ0v) is 18.3. The van der Waals surface area contributed by atoms with Crippen molar-refractivity contribution in [2.24, 2.45) is 29.6 Å². The van der Waals surface area contributed by atoms with Crippen LogP contribution < -0.4 is 10.6 Å². The molecule has 0 aromatic heterocycles. The van der Waals surface area contributed by atoms with Crippen LogP contribution in [0.2, 0.25) is 0 Å². The Kier molecular flexibility index (Phi) is 5.01. The van der Waals surface area contributed by atoms with Crippen LogP contribution in [0.5, 0.6) is 0 Å². The molecule has 0 unspecified atom stereocenters. The molecule has 4 bridgehead atoms. The van der Waals surface area contributed by atoms with Crippen LogP contribution in [0.1, 0.15) is 78.1 Å². The second-order valence-corrected chi connectivity index (χ2v) is 11.3. The van der Waals surface area contributed by atoms with Crippen molar-refractivity contribution < 1.29 is 19.3 Å². The van der Waals surface area contributed by atoms with Gasteiger partial charge in [0.2, 0.25) is 17.5 Å². The number of nitrogens with one attached hydrogen (secondary N) is 2. The molecule has 2 spiro atoms. The first-order valence-electron chi connectivity index (χ1n) is 11.8. The van der Waals surface area contributed by atoms with Crippen LogP contribution in [-0.2, 0) is 19.3 Å². The van der Waals surface area contributed by atoms with Crippen molar-refractivity contribution in [2.75, 3.05) is 13.6 Å². The topological polar surface area (TPSA) is 68.8 Å². The average molecular weight is 407 g/mol. The lowest BCUT2D eigenvalue weighted by molar-refractivity contribution is -0.390. The highest BCUT2D eigenvalue weighted by molar-refractivity contribution is 5.76. The van der Waals surface area contributed by atoms with Crippen molar-refractivity contribution in [2.45, 2.75) is 95.2 Å². The van der Waals surface area contributed by atoms with Crippen molar-refractivity contribution in [1.82, 2.24) is 10.6 Å². The van der Waals surface area contributed by atoms with E-state index in [0.29, 0.717) is 30.7 Å². The molecular weight excluding hydrogens is 368 g/mol. The predicted molar refractivity (Wildman–Crippen MR) is 108 cm³/mol. The van der Waals surface area contributed by atoms with Crippen molar-refractivity contribution in [3.63, 3.8) is 0 Å². The van der Waals surface area contributed by atoms with E-state index in [1.807, 2.05) is 7.05 Å². The standard InChI is InChI=1S/C23H38N2O4/c1-21(2,24-3)14-25-20(26)13-15-4-6-22(7-5-15)27-23(29-28-22)18-9-16-8-17(11-18)12-19(23)10-16/h15-19,24H,4-14H2,1-3H3,(H,25,26)/t15-,16-,17+,18-,19+,22+,23-. The summed E-state index contributed by atoms with van der Waals surface area (Å²) in [7, 11) is 1.92. The Bertz CT molecular complexity index is 613. The molecule has 1 heterocycles. The first kappa shape index (κ1) is 20.2. The lowest BCUT2D eigenvalue weighted by atomic mass is 9.53. The number of amides is 1. The zero-order chi connectivity index (χ0) is 20.3. The van der Waals surface area contributed by atoms with Crippen LogP contribution in [0, 0.1) is 29.6 Å². The molecule has 29 heavy (non-hydrogen) atoms. The molecule has 0 aromatic rings. The van der Waals surface area contributed by atoms with E-state index >= 15 is 0 Å². The Morgan fingerprint density at radius 1 is 1.00 bits per heavy atom. The van der Waals surface area contributed by atoms with Gasteiger partial charge in [-0.15, -0.1) is 0 Å². The molecule has 5 saturated carbocycles. The Morgan fingerprint density at radius 2 is 1.62 bits per heavy atom. The Balaban J connectivity index is 1.14. The molecule has 164 valence electrons. The normalized spacial score (nSPS) is 46.0. The first-order chi connectivity index (χ1) is 13.8. The largest absolute Gasteiger partial charge is 0.354 e. The van der Waals surface area contributed by atoms with E-state index in [2.05, 4.69) is 24.5 Å². The van der Waals surface area contributed by atoms with E-state index in [0.717, 1.165) is 37.5 Å². The number of rotatable bonds is 5. The minimum absolute atomic E-state index is 0.0812. The number of likely N-dealkylation sites (N-methyl/N-ethyl adjacent to an activating group) is 1. The van der Waals surface area contributed by atoms with Crippen LogP contribution in [-0.4, -0.2) is 36.6 Å². The molecule has 5 aliphatic carbocycles. The van der Waals surface area contributed by atoms with Crippen LogP contribution in [0.3, 0.4) is 0 Å². The smallest absolute Gasteiger partial charge is 0.220 e. The van der Waals surface area contributed by atoms with Gasteiger partial charge < -0.3 is 15.4 Å². The van der Waals surface area contributed by atoms with Gasteiger partial charge in [-0.3, -0.25) is 4.79 Å². The third kappa shape index (κ3) is 3.64. The van der Waals surface area contributed by atoms with Crippen molar-refractivity contribution in [1.29, 1.82) is 0 Å². The van der Waals surface area contributed by atoms with Gasteiger partial charge >= 0.3 is 0 Å². The SMILES string of the molecule is CNC(C)(C)CNC(=O)C[C@H]1CC[C@]2(CC1)OO[C@]1(O2)[C@@H]2C[C@H]3C[C@@H](C2)C[C@@H]1C3. The second kappa shape index (κ2) is 7.18. The molecule has 6 nitrogen and oxygen atoms in total. The van der Waals surface area contributed by atoms with E-state index < -0.39 is 11.6 Å². The molecule has 6 rings (SSSR count). The third-order valence-corrected chi connectivity index (χ3v) is 8.69. The summed E-state index contributed by atoms with van der Waals surface area (Å²) in [6.07, 6.45) is 10.6. The molecule has 6 fully saturated rings. The van der Waals surface area contributed by atoms with Crippen molar-refractivity contribution in [3.05, 3.63) is 0 Å². The maximum Gasteiger partial charge on any atom is 0.220 e. The summed E-state index contributed by atoms with van der Waals surface area (Å²) < 4.78 is 6.76. The molecule has 2 N–H and O–H groups in total. The van der Waals surface area contributed by atoms with Gasteiger partial charge in [0, 0.05) is 43.2 Å². The van der Waals surface area contributed by atoms with Crippen molar-refractivity contribution in [3.8, 4) is 0 Å². The molecule has 6 aliphatic rings. The van der Waals surface area contributed by atoms with Gasteiger partial charge in [-0.05, 0) is 83.6 Å². The lowest BCUT2D eigenvalue weighted by Crippen LogP contribution is -2.59. The summed E-state index contributed by atoms with van der Waals surface area (Å²) in [4.78, 5) is 24.5. The Hall–Kier alpha value is -0.690. The quantitative estimate of drug-likeness (QED) is 0.684. The molecular formula is C23H38N2O4. The highest BCUT2D eigenvalue weighted by Crippen LogP contribution is 2.63. The summed E-state index contributed by atoms with van der Waals surface area (Å²) in [5, 5.41) is 6.30. The Morgan fingerprint density at radius 3 is 2.21 bits per heavy atom. The number of hydrogen-bond donors (Lipinski definition) is 2. The maximum absolute atomic E-state index is 12.4. The molecule has 0 radical (unpaired) electrons. The lowest BCUT2D eigenvalue weighted by Gasteiger charge is -2.57. The molecule has 1 aliphatic heterocycles. The van der Waals surface area contributed by atoms with Crippen LogP contribution in [0.4, 0.5) is 0 Å². The molecule has 0 aromatic carbocycles. The fourth-order valence-electron chi connectivity index (χ4n) is 6.86. The van der Waals surface area contributed by atoms with E-state index in [-0.39, 0.29) is 11.4 Å². The highest BCUT2D eigenvalue weighted by Gasteiger charge is 2.66. The van der Waals surface area contributed by atoms with Crippen LogP contribution in [0.15, 0.2) is 0 Å². The second-order valence-electron chi connectivity index (χ2n) is 11.3. The van der Waals surface area contributed by atoms with E-state index in [9.17, 15) is 4.79 Å². The number of ether oxygens (including phenoxy) is 1. The zero-order valence-electron chi connectivity index (χ0n) is 18.3. The van der Waals surface area contributed by atoms with Crippen LogP contribution >= 0.6 is 0 Å². The molecule has 6 heteroatoms. The minimum atomic E-state index is -0.573. The van der Waals surface area contributed by atoms with E-state index in [1.165, 1.54) is 32.1 Å². The summed E-state index contributed by atoms with van der Waals surface area (Å²) in [6.45, 7) is 4.82. The van der Waals surface area contributed by atoms with Gasteiger partial charge in [-0.25, -0.2) is 0 Å². The summed E-state index contributed by atoms with van der Waals surface area (Å²) >= 11 is 0. The predicted octanol–water partition coefficient (Wildman–Crippen LogP) is 3.51. The molecule has 1 saturated heterocycles. The van der Waals surface area contributed by atoms with Gasteiger partial charge in [0.1, 0.15) is 0 Å². The Labute approximate surface area is 174 Å². The minimum Gasteiger partial charge on any atom is -0.354 e. The molecule has 1 amide bonds. The van der Waals surface area contributed by atoms with Gasteiger partial charge in [0.05, 0.1) is 0 Å². The van der Waals surface area contributed by atoms with E-state index in [1.54, 1.807) is 0 Å². The van der Waals surface area contributed by atoms with Gasteiger partial charge in [-0.2, -0.15) is 9.78 Å². The first-order valence-corrected chi connectivity index (χ1v) is 11.8. The fourth-order valence-corrected chi connectivity index (χ4v) is 6.86. The highest BCUT2D eigenvalue weighted by atomic mass is 17.3. The summed E-state index contributed by atoms with van der Waals surface area (Å²) in [5.41, 5.74) is -0.0812. The van der Waals surface area contributed by atoms with Gasteiger partial charge in [0.25, 0.3) is 0 Å². The summed E-state index contributed by atoms with van der Waals surface area (Å²) in [5.74, 6) is 2.29. The van der Waals surface area contributed by atoms with Crippen molar-refractivity contribution >= 4 is 5.91 Å². The van der Waals surface area contributed by atoms with Gasteiger partial charge in [0.15, 0.2) is 0 Å². The average Bonchev–Trinajstić information content (AvgIpc) is 3.07. The number of hydrogen-bond acceptors (Lipinski definition) is 5. The molecule has 0 atom stereocenters. The fraction of sp³-hybridized carbons (Fsp3) is 0.957.